The predicted molar refractivity (Wildman–Crippen MR) is 132 cm³/mol. The second kappa shape index (κ2) is 7.89. The molecule has 34 heavy (non-hydrogen) atoms. The minimum absolute atomic E-state index is 0.178. The molecule has 7 nitrogen and oxygen atoms in total. The lowest BCUT2D eigenvalue weighted by Gasteiger charge is -2.30. The quantitative estimate of drug-likeness (QED) is 0.349. The molecule has 4 aromatic rings. The van der Waals surface area contributed by atoms with Gasteiger partial charge in [0.2, 0.25) is 0 Å². The van der Waals surface area contributed by atoms with E-state index in [1.165, 1.54) is 29.0 Å². The molecule has 2 aromatic heterocycles. The van der Waals surface area contributed by atoms with Gasteiger partial charge in [-0.3, -0.25) is 19.5 Å². The lowest BCUT2D eigenvalue weighted by atomic mass is 9.85. The van der Waals surface area contributed by atoms with Crippen molar-refractivity contribution in [3.05, 3.63) is 117 Å². The van der Waals surface area contributed by atoms with Gasteiger partial charge >= 0.3 is 5.69 Å². The van der Waals surface area contributed by atoms with E-state index in [-0.39, 0.29) is 11.6 Å². The number of aromatic hydroxyl groups is 1. The molecule has 1 unspecified atom stereocenters. The van der Waals surface area contributed by atoms with E-state index in [9.17, 15) is 20.0 Å². The highest BCUT2D eigenvalue weighted by Gasteiger charge is 2.33. The number of benzene rings is 2. The fourth-order valence-electron chi connectivity index (χ4n) is 4.65. The van der Waals surface area contributed by atoms with E-state index >= 15 is 0 Å². The van der Waals surface area contributed by atoms with Gasteiger partial charge in [0.15, 0.2) is 10.6 Å². The van der Waals surface area contributed by atoms with E-state index in [1.807, 2.05) is 29.6 Å². The lowest BCUT2D eigenvalue weighted by molar-refractivity contribution is -0.385. The Balaban J connectivity index is 1.59. The number of nitro benzene ring substituents is 1. The van der Waals surface area contributed by atoms with Crippen molar-refractivity contribution >= 4 is 40.1 Å². The molecule has 0 radical (unpaired) electrons. The van der Waals surface area contributed by atoms with Crippen molar-refractivity contribution < 1.29 is 10.0 Å². The first-order valence-electron chi connectivity index (χ1n) is 10.6. The molecular formula is C25H17N3O4S2. The third-order valence-electron chi connectivity index (χ3n) is 6.18. The van der Waals surface area contributed by atoms with Gasteiger partial charge in [0.05, 0.1) is 21.2 Å². The maximum atomic E-state index is 13.6. The van der Waals surface area contributed by atoms with E-state index in [0.717, 1.165) is 34.6 Å². The normalized spacial score (nSPS) is 17.1. The van der Waals surface area contributed by atoms with Gasteiger partial charge in [0.1, 0.15) is 0 Å². The van der Waals surface area contributed by atoms with Gasteiger partial charge in [-0.05, 0) is 53.1 Å². The van der Waals surface area contributed by atoms with Crippen LogP contribution in [0.25, 0.3) is 11.8 Å². The van der Waals surface area contributed by atoms with Gasteiger partial charge in [0.25, 0.3) is 5.56 Å². The van der Waals surface area contributed by atoms with Crippen molar-refractivity contribution in [1.29, 1.82) is 0 Å². The molecule has 1 aliphatic carbocycles. The smallest absolute Gasteiger partial charge is 0.311 e. The Bertz CT molecular complexity index is 1680. The van der Waals surface area contributed by atoms with Gasteiger partial charge in [-0.15, -0.1) is 11.3 Å². The summed E-state index contributed by atoms with van der Waals surface area (Å²) >= 11 is 2.89. The van der Waals surface area contributed by atoms with Crippen LogP contribution in [0.15, 0.2) is 75.3 Å². The number of aromatic nitrogens is 1. The molecule has 0 spiro atoms. The van der Waals surface area contributed by atoms with Crippen LogP contribution in [-0.2, 0) is 6.42 Å². The number of hydrogen-bond acceptors (Lipinski definition) is 7. The molecule has 0 amide bonds. The topological polar surface area (TPSA) is 97.7 Å². The van der Waals surface area contributed by atoms with Gasteiger partial charge in [0, 0.05) is 16.5 Å². The molecule has 168 valence electrons. The van der Waals surface area contributed by atoms with E-state index in [2.05, 4.69) is 12.1 Å². The van der Waals surface area contributed by atoms with E-state index < -0.39 is 16.4 Å². The molecular weight excluding hydrogens is 470 g/mol. The number of nitro groups is 1. The minimum Gasteiger partial charge on any atom is -0.502 e. The van der Waals surface area contributed by atoms with Gasteiger partial charge in [-0.25, -0.2) is 4.99 Å². The molecule has 0 saturated heterocycles. The Hall–Kier alpha value is -3.82. The number of thiazole rings is 1. The summed E-state index contributed by atoms with van der Waals surface area (Å²) in [7, 11) is 0. The molecule has 1 N–H and O–H groups in total. The van der Waals surface area contributed by atoms with Crippen LogP contribution < -0.4 is 14.9 Å². The predicted octanol–water partition coefficient (Wildman–Crippen LogP) is 3.99. The molecule has 6 rings (SSSR count). The number of hydrogen-bond donors (Lipinski definition) is 1. The second-order valence-corrected chi connectivity index (χ2v) is 10.1. The van der Waals surface area contributed by atoms with Crippen LogP contribution in [0.3, 0.4) is 0 Å². The van der Waals surface area contributed by atoms with Crippen LogP contribution in [0.4, 0.5) is 5.69 Å². The van der Waals surface area contributed by atoms with E-state index in [0.29, 0.717) is 14.9 Å². The molecule has 2 aliphatic rings. The lowest BCUT2D eigenvalue weighted by Crippen LogP contribution is -2.38. The molecule has 1 atom stereocenters. The molecule has 3 heterocycles. The molecule has 0 saturated carbocycles. The Morgan fingerprint density at radius 2 is 2.00 bits per heavy atom. The van der Waals surface area contributed by atoms with Crippen LogP contribution in [-0.4, -0.2) is 14.6 Å². The molecule has 0 bridgehead atoms. The highest BCUT2D eigenvalue weighted by Crippen LogP contribution is 2.42. The van der Waals surface area contributed by atoms with Gasteiger partial charge in [-0.2, -0.15) is 0 Å². The number of nitrogens with zero attached hydrogens (tertiary/aromatic N) is 3. The third kappa shape index (κ3) is 3.24. The maximum absolute atomic E-state index is 13.6. The highest BCUT2D eigenvalue weighted by atomic mass is 32.1. The highest BCUT2D eigenvalue weighted by molar-refractivity contribution is 7.10. The van der Waals surface area contributed by atoms with Gasteiger partial charge in [-0.1, -0.05) is 47.7 Å². The van der Waals surface area contributed by atoms with Crippen LogP contribution in [0.1, 0.15) is 34.0 Å². The van der Waals surface area contributed by atoms with Crippen molar-refractivity contribution in [3.63, 3.8) is 0 Å². The first-order valence-corrected chi connectivity index (χ1v) is 12.3. The van der Waals surface area contributed by atoms with Gasteiger partial charge < -0.3 is 5.11 Å². The van der Waals surface area contributed by atoms with Crippen molar-refractivity contribution in [2.24, 2.45) is 4.99 Å². The largest absolute Gasteiger partial charge is 0.502 e. The Kier molecular flexibility index (Phi) is 4.82. The zero-order valence-electron chi connectivity index (χ0n) is 17.7. The summed E-state index contributed by atoms with van der Waals surface area (Å²) in [6.07, 6.45) is 3.35. The third-order valence-corrected chi connectivity index (χ3v) is 8.09. The monoisotopic (exact) mass is 487 g/mol. The summed E-state index contributed by atoms with van der Waals surface area (Å²) in [6, 6.07) is 16.2. The average molecular weight is 488 g/mol. The van der Waals surface area contributed by atoms with Crippen LogP contribution in [0.5, 0.6) is 5.75 Å². The fourth-order valence-corrected chi connectivity index (χ4v) is 6.49. The fraction of sp³-hybridized carbons (Fsp3) is 0.120. The number of allylic oxidation sites excluding steroid dienone is 1. The zero-order chi connectivity index (χ0) is 23.4. The maximum Gasteiger partial charge on any atom is 0.311 e. The summed E-state index contributed by atoms with van der Waals surface area (Å²) in [4.78, 5) is 30.8. The molecule has 2 aromatic carbocycles. The first kappa shape index (κ1) is 20.8. The SMILES string of the molecule is O=c1/c(=C\c2ccc(O)c([N+](=O)[O-])c2)sc2n1C(c1cccs1)C1=C(N=2)c2ccccc2CC1. The average Bonchev–Trinajstić information content (AvgIpc) is 3.47. The van der Waals surface area contributed by atoms with Crippen molar-refractivity contribution in [1.82, 2.24) is 4.57 Å². The van der Waals surface area contributed by atoms with Crippen molar-refractivity contribution in [2.45, 2.75) is 18.9 Å². The van der Waals surface area contributed by atoms with Crippen LogP contribution >= 0.6 is 22.7 Å². The number of aryl methyl sites for hydroxylation is 1. The number of fused-ring (bicyclic) bond motifs is 3. The summed E-state index contributed by atoms with van der Waals surface area (Å²) in [5.74, 6) is -0.410. The Labute approximate surface area is 201 Å². The summed E-state index contributed by atoms with van der Waals surface area (Å²) in [6.45, 7) is 0. The molecule has 0 fully saturated rings. The Morgan fingerprint density at radius 1 is 1.15 bits per heavy atom. The summed E-state index contributed by atoms with van der Waals surface area (Å²) in [5.41, 5.74) is 4.33. The number of phenolic OH excluding ortho intramolecular Hbond substituents is 1. The van der Waals surface area contributed by atoms with Crippen molar-refractivity contribution in [2.75, 3.05) is 0 Å². The van der Waals surface area contributed by atoms with Crippen LogP contribution in [0, 0.1) is 10.1 Å². The minimum atomic E-state index is -0.642. The number of rotatable bonds is 3. The van der Waals surface area contributed by atoms with Crippen molar-refractivity contribution in [3.8, 4) is 5.75 Å². The number of thiophene rings is 1. The van der Waals surface area contributed by atoms with E-state index in [4.69, 9.17) is 4.99 Å². The standard InChI is InChI=1S/C25H17N3O4S2/c29-19-10-7-14(12-18(19)28(31)32)13-21-24(30)27-23(20-6-3-11-33-20)17-9-8-15-4-1-2-5-16(15)22(17)26-25(27)34-21/h1-7,10-13,23,29H,8-9H2/b21-13+. The van der Waals surface area contributed by atoms with Crippen LogP contribution in [0.2, 0.25) is 0 Å². The molecule has 9 heteroatoms. The van der Waals surface area contributed by atoms with E-state index in [1.54, 1.807) is 28.0 Å². The second-order valence-electron chi connectivity index (χ2n) is 8.13. The Morgan fingerprint density at radius 3 is 2.79 bits per heavy atom. The first-order chi connectivity index (χ1) is 16.5. The zero-order valence-corrected chi connectivity index (χ0v) is 19.3. The summed E-state index contributed by atoms with van der Waals surface area (Å²) < 4.78 is 2.19. The molecule has 1 aliphatic heterocycles. The number of phenols is 1. The summed E-state index contributed by atoms with van der Waals surface area (Å²) in [5, 5.41) is 23.0.